The lowest BCUT2D eigenvalue weighted by molar-refractivity contribution is 0.250. The topological polar surface area (TPSA) is 102 Å². The second-order valence-electron chi connectivity index (χ2n) is 2.32. The Morgan fingerprint density at radius 3 is 2.92 bits per heavy atom. The lowest BCUT2D eigenvalue weighted by Crippen LogP contribution is -2.35. The van der Waals surface area contributed by atoms with Gasteiger partial charge in [0.25, 0.3) is 0 Å². The summed E-state index contributed by atoms with van der Waals surface area (Å²) >= 11 is 0. The van der Waals surface area contributed by atoms with Gasteiger partial charge in [-0.2, -0.15) is 4.98 Å². The highest BCUT2D eigenvalue weighted by atomic mass is 16.2. The number of carbonyl (C=O) groups excluding carboxylic acids is 1. The number of nitrogens with zero attached hydrogens (tertiary/aromatic N) is 2. The van der Waals surface area contributed by atoms with Crippen molar-refractivity contribution in [3.05, 3.63) is 22.7 Å². The number of hydrazine groups is 1. The highest BCUT2D eigenvalue weighted by molar-refractivity contribution is 5.72. The van der Waals surface area contributed by atoms with Gasteiger partial charge in [0.1, 0.15) is 0 Å². The Morgan fingerprint density at radius 1 is 1.69 bits per heavy atom. The summed E-state index contributed by atoms with van der Waals surface area (Å²) in [6, 6.07) is 0.777. The predicted octanol–water partition coefficient (Wildman–Crippen LogP) is -1.22. The zero-order chi connectivity index (χ0) is 9.84. The summed E-state index contributed by atoms with van der Waals surface area (Å²) in [4.78, 5) is 24.8. The van der Waals surface area contributed by atoms with Gasteiger partial charge in [-0.3, -0.25) is 10.9 Å². The number of primary amides is 1. The van der Waals surface area contributed by atoms with Crippen molar-refractivity contribution in [1.29, 1.82) is 0 Å². The second-order valence-corrected chi connectivity index (χ2v) is 2.32. The molecule has 0 fully saturated rings. The van der Waals surface area contributed by atoms with Gasteiger partial charge in [-0.1, -0.05) is 0 Å². The molecule has 7 nitrogen and oxygen atoms in total. The quantitative estimate of drug-likeness (QED) is 0.500. The Hall–Kier alpha value is -2.05. The van der Waals surface area contributed by atoms with Crippen LogP contribution in [0.3, 0.4) is 0 Å². The molecule has 1 aromatic heterocycles. The molecule has 0 aliphatic rings. The van der Waals surface area contributed by atoms with Gasteiger partial charge in [-0.15, -0.1) is 0 Å². The number of rotatable bonds is 2. The van der Waals surface area contributed by atoms with Crippen LogP contribution in [0.2, 0.25) is 0 Å². The van der Waals surface area contributed by atoms with Gasteiger partial charge in [0.15, 0.2) is 5.82 Å². The van der Waals surface area contributed by atoms with Crippen LogP contribution < -0.4 is 22.3 Å². The molecule has 0 radical (unpaired) electrons. The van der Waals surface area contributed by atoms with Crippen molar-refractivity contribution < 1.29 is 4.79 Å². The highest BCUT2D eigenvalue weighted by Gasteiger charge is 1.96. The number of hydrogen-bond donors (Lipinski definition) is 3. The standard InChI is InChI=1S/C6H9N5O2/c1-11-3-2-4(8-6(11)13)9-10-5(7)12/h2-3H,1H3,(H3,7,10,12)(H,8,9,13). The van der Waals surface area contributed by atoms with E-state index in [1.165, 1.54) is 16.8 Å². The fourth-order valence-corrected chi connectivity index (χ4v) is 0.661. The van der Waals surface area contributed by atoms with Gasteiger partial charge >= 0.3 is 11.7 Å². The van der Waals surface area contributed by atoms with Crippen molar-refractivity contribution in [3.63, 3.8) is 0 Å². The van der Waals surface area contributed by atoms with Gasteiger partial charge in [-0.25, -0.2) is 9.59 Å². The summed E-state index contributed by atoms with van der Waals surface area (Å²) < 4.78 is 1.30. The maximum absolute atomic E-state index is 11.0. The van der Waals surface area contributed by atoms with Crippen molar-refractivity contribution in [3.8, 4) is 0 Å². The molecular weight excluding hydrogens is 174 g/mol. The third-order valence-corrected chi connectivity index (χ3v) is 1.29. The van der Waals surface area contributed by atoms with Crippen LogP contribution in [0.5, 0.6) is 0 Å². The monoisotopic (exact) mass is 183 g/mol. The lowest BCUT2D eigenvalue weighted by Gasteiger charge is -2.04. The van der Waals surface area contributed by atoms with Crippen LogP contribution in [0.15, 0.2) is 17.1 Å². The molecule has 4 N–H and O–H groups in total. The minimum Gasteiger partial charge on any atom is -0.350 e. The fourth-order valence-electron chi connectivity index (χ4n) is 0.661. The maximum Gasteiger partial charge on any atom is 0.349 e. The van der Waals surface area contributed by atoms with E-state index in [1.807, 2.05) is 0 Å². The maximum atomic E-state index is 11.0. The van der Waals surface area contributed by atoms with Gasteiger partial charge < -0.3 is 10.3 Å². The van der Waals surface area contributed by atoms with Crippen LogP contribution in [-0.2, 0) is 7.05 Å². The van der Waals surface area contributed by atoms with Crippen molar-refractivity contribution in [1.82, 2.24) is 15.0 Å². The van der Waals surface area contributed by atoms with E-state index in [4.69, 9.17) is 5.73 Å². The minimum absolute atomic E-state index is 0.238. The predicted molar refractivity (Wildman–Crippen MR) is 45.8 cm³/mol. The molecule has 1 aromatic rings. The lowest BCUT2D eigenvalue weighted by atomic mass is 10.6. The third-order valence-electron chi connectivity index (χ3n) is 1.29. The average Bonchev–Trinajstić information content (AvgIpc) is 2.07. The Labute approximate surface area is 73.5 Å². The normalized spacial score (nSPS) is 9.31. The fraction of sp³-hybridized carbons (Fsp3) is 0.167. The van der Waals surface area contributed by atoms with Crippen LogP contribution in [0.1, 0.15) is 0 Å². The molecule has 0 unspecified atom stereocenters. The molecule has 0 aromatic carbocycles. The molecule has 0 aliphatic heterocycles. The molecule has 1 heterocycles. The first kappa shape index (κ1) is 9.04. The zero-order valence-electron chi connectivity index (χ0n) is 6.94. The number of anilines is 1. The van der Waals surface area contributed by atoms with Gasteiger partial charge in [0.05, 0.1) is 0 Å². The molecule has 7 heteroatoms. The molecule has 0 saturated heterocycles. The molecule has 0 atom stereocenters. The molecule has 2 amide bonds. The van der Waals surface area contributed by atoms with E-state index in [0.29, 0.717) is 0 Å². The molecular formula is C6H9N5O2. The van der Waals surface area contributed by atoms with Crippen LogP contribution in [0, 0.1) is 0 Å². The Balaban J connectivity index is 2.74. The second kappa shape index (κ2) is 3.57. The van der Waals surface area contributed by atoms with Crippen LogP contribution in [0.25, 0.3) is 0 Å². The molecule has 70 valence electrons. The van der Waals surface area contributed by atoms with Crippen molar-refractivity contribution in [2.45, 2.75) is 0 Å². The van der Waals surface area contributed by atoms with Crippen molar-refractivity contribution >= 4 is 11.8 Å². The van der Waals surface area contributed by atoms with E-state index in [9.17, 15) is 9.59 Å². The highest BCUT2D eigenvalue weighted by Crippen LogP contribution is 1.92. The first-order chi connectivity index (χ1) is 6.09. The van der Waals surface area contributed by atoms with Crippen LogP contribution in [0.4, 0.5) is 10.6 Å². The number of urea groups is 1. The Morgan fingerprint density at radius 2 is 2.38 bits per heavy atom. The Kier molecular flexibility index (Phi) is 2.48. The summed E-state index contributed by atoms with van der Waals surface area (Å²) in [6.45, 7) is 0. The van der Waals surface area contributed by atoms with E-state index >= 15 is 0 Å². The first-order valence-corrected chi connectivity index (χ1v) is 3.45. The van der Waals surface area contributed by atoms with E-state index in [0.717, 1.165) is 0 Å². The SMILES string of the molecule is Cn1ccc(NNC(N)=O)nc1=O. The molecule has 13 heavy (non-hydrogen) atoms. The van der Waals surface area contributed by atoms with E-state index in [2.05, 4.69) is 15.8 Å². The number of nitrogens with two attached hydrogens (primary N) is 1. The summed E-state index contributed by atoms with van der Waals surface area (Å²) in [6.07, 6.45) is 1.51. The molecule has 1 rings (SSSR count). The van der Waals surface area contributed by atoms with Crippen molar-refractivity contribution in [2.24, 2.45) is 12.8 Å². The zero-order valence-corrected chi connectivity index (χ0v) is 6.94. The summed E-state index contributed by atoms with van der Waals surface area (Å²) in [7, 11) is 1.57. The van der Waals surface area contributed by atoms with Gasteiger partial charge in [-0.05, 0) is 6.07 Å². The minimum atomic E-state index is -0.748. The Bertz CT molecular complexity index is 372. The van der Waals surface area contributed by atoms with E-state index < -0.39 is 11.7 Å². The molecule has 0 saturated carbocycles. The first-order valence-electron chi connectivity index (χ1n) is 3.45. The third kappa shape index (κ3) is 2.47. The smallest absolute Gasteiger partial charge is 0.349 e. The van der Waals surface area contributed by atoms with Gasteiger partial charge in [0.2, 0.25) is 0 Å². The number of hydrogen-bond acceptors (Lipinski definition) is 4. The number of aryl methyl sites for hydroxylation is 1. The molecule has 0 aliphatic carbocycles. The summed E-state index contributed by atoms with van der Waals surface area (Å²) in [5.74, 6) is 0.238. The van der Waals surface area contributed by atoms with E-state index in [-0.39, 0.29) is 5.82 Å². The summed E-state index contributed by atoms with van der Waals surface area (Å²) in [5.41, 5.74) is 8.81. The summed E-state index contributed by atoms with van der Waals surface area (Å²) in [5, 5.41) is 0. The largest absolute Gasteiger partial charge is 0.350 e. The van der Waals surface area contributed by atoms with Crippen molar-refractivity contribution in [2.75, 3.05) is 5.43 Å². The van der Waals surface area contributed by atoms with E-state index in [1.54, 1.807) is 7.05 Å². The number of nitrogens with one attached hydrogen (secondary N) is 2. The number of carbonyl (C=O) groups is 1. The van der Waals surface area contributed by atoms with Gasteiger partial charge in [0, 0.05) is 13.2 Å². The average molecular weight is 183 g/mol. The van der Waals surface area contributed by atoms with Crippen LogP contribution in [-0.4, -0.2) is 15.6 Å². The van der Waals surface area contributed by atoms with Crippen LogP contribution >= 0.6 is 0 Å². The number of aromatic nitrogens is 2. The number of amides is 2. The molecule has 0 spiro atoms. The molecule has 0 bridgehead atoms.